The van der Waals surface area contributed by atoms with Crippen molar-refractivity contribution in [3.05, 3.63) is 35.4 Å². The summed E-state index contributed by atoms with van der Waals surface area (Å²) in [6, 6.07) is 3.68. The molecule has 0 spiro atoms. The van der Waals surface area contributed by atoms with Crippen LogP contribution in [-0.4, -0.2) is 17.1 Å². The average molecular weight is 256 g/mol. The van der Waals surface area contributed by atoms with Crippen LogP contribution in [0.5, 0.6) is 0 Å². The number of hydrogen-bond donors (Lipinski definition) is 3. The molecule has 0 aromatic heterocycles. The van der Waals surface area contributed by atoms with Crippen LogP contribution in [0.1, 0.15) is 30.9 Å². The molecule has 0 aliphatic carbocycles. The van der Waals surface area contributed by atoms with Gasteiger partial charge in [-0.25, -0.2) is 8.78 Å². The predicted octanol–water partition coefficient (Wildman–Crippen LogP) is 1.74. The number of hydrogen-bond acceptors (Lipinski definition) is 3. The summed E-state index contributed by atoms with van der Waals surface area (Å²) in [6.45, 7) is 0. The van der Waals surface area contributed by atoms with Gasteiger partial charge in [0.05, 0.1) is 0 Å². The lowest BCUT2D eigenvalue weighted by Crippen LogP contribution is -2.31. The maximum Gasteiger partial charge on any atom is 0.303 e. The molecule has 6 heteroatoms. The Bertz CT molecular complexity index is 454. The summed E-state index contributed by atoms with van der Waals surface area (Å²) < 4.78 is 25.9. The first-order valence-corrected chi connectivity index (χ1v) is 5.74. The van der Waals surface area contributed by atoms with E-state index in [4.69, 9.17) is 5.11 Å². The molecule has 1 aromatic carbocycles. The molecule has 1 heterocycles. The number of aliphatic carboxylic acids is 1. The molecule has 1 aliphatic rings. The van der Waals surface area contributed by atoms with Crippen molar-refractivity contribution >= 4 is 5.97 Å². The third kappa shape index (κ3) is 3.02. The van der Waals surface area contributed by atoms with Crippen LogP contribution < -0.4 is 10.9 Å². The fourth-order valence-electron chi connectivity index (χ4n) is 2.06. The quantitative estimate of drug-likeness (QED) is 0.768. The van der Waals surface area contributed by atoms with E-state index in [0.717, 1.165) is 12.1 Å². The Labute approximate surface area is 103 Å². The molecule has 2 rings (SSSR count). The standard InChI is InChI=1S/C12H14F2N2O2/c13-9-3-1-7(5-10(9)14)11-6-8(15-16-11)2-4-12(17)18/h1,3,5,8,11,15-16H,2,4,6H2,(H,17,18). The third-order valence-corrected chi connectivity index (χ3v) is 3.03. The minimum Gasteiger partial charge on any atom is -0.481 e. The Kier molecular flexibility index (Phi) is 3.88. The minimum atomic E-state index is -0.872. The molecule has 0 amide bonds. The molecule has 0 radical (unpaired) electrons. The van der Waals surface area contributed by atoms with E-state index >= 15 is 0 Å². The van der Waals surface area contributed by atoms with E-state index in [9.17, 15) is 13.6 Å². The van der Waals surface area contributed by atoms with Gasteiger partial charge in [-0.3, -0.25) is 15.6 Å². The first-order chi connectivity index (χ1) is 8.56. The summed E-state index contributed by atoms with van der Waals surface area (Å²) in [7, 11) is 0. The van der Waals surface area contributed by atoms with Crippen LogP contribution >= 0.6 is 0 Å². The topological polar surface area (TPSA) is 61.4 Å². The van der Waals surface area contributed by atoms with Crippen LogP contribution in [0, 0.1) is 11.6 Å². The molecule has 2 atom stereocenters. The van der Waals surface area contributed by atoms with Gasteiger partial charge in [-0.05, 0) is 30.5 Å². The zero-order valence-electron chi connectivity index (χ0n) is 9.62. The normalized spacial score (nSPS) is 23.2. The average Bonchev–Trinajstić information content (AvgIpc) is 2.79. The van der Waals surface area contributed by atoms with E-state index in [0.29, 0.717) is 18.4 Å². The molecule has 0 bridgehead atoms. The van der Waals surface area contributed by atoms with Crippen molar-refractivity contribution in [2.75, 3.05) is 0 Å². The van der Waals surface area contributed by atoms with Crippen LogP contribution in [-0.2, 0) is 4.79 Å². The number of nitrogens with one attached hydrogen (secondary N) is 2. The largest absolute Gasteiger partial charge is 0.481 e. The van der Waals surface area contributed by atoms with Crippen LogP contribution in [0.3, 0.4) is 0 Å². The van der Waals surface area contributed by atoms with Crippen molar-refractivity contribution < 1.29 is 18.7 Å². The summed E-state index contributed by atoms with van der Waals surface area (Å²) in [5.41, 5.74) is 6.58. The SMILES string of the molecule is O=C(O)CCC1CC(c2ccc(F)c(F)c2)NN1. The highest BCUT2D eigenvalue weighted by Crippen LogP contribution is 2.25. The molecule has 18 heavy (non-hydrogen) atoms. The second-order valence-corrected chi connectivity index (χ2v) is 4.38. The number of halogens is 2. The third-order valence-electron chi connectivity index (χ3n) is 3.03. The minimum absolute atomic E-state index is 0.0271. The fourth-order valence-corrected chi connectivity index (χ4v) is 2.06. The van der Waals surface area contributed by atoms with Crippen molar-refractivity contribution in [2.45, 2.75) is 31.3 Å². The van der Waals surface area contributed by atoms with Crippen molar-refractivity contribution in [1.82, 2.24) is 10.9 Å². The number of benzene rings is 1. The highest BCUT2D eigenvalue weighted by Gasteiger charge is 2.25. The van der Waals surface area contributed by atoms with Crippen LogP contribution in [0.2, 0.25) is 0 Å². The molecule has 1 fully saturated rings. The van der Waals surface area contributed by atoms with Crippen LogP contribution in [0.15, 0.2) is 18.2 Å². The molecule has 1 aromatic rings. The van der Waals surface area contributed by atoms with E-state index in [-0.39, 0.29) is 18.5 Å². The monoisotopic (exact) mass is 256 g/mol. The van der Waals surface area contributed by atoms with Gasteiger partial charge in [-0.2, -0.15) is 0 Å². The first kappa shape index (κ1) is 12.9. The highest BCUT2D eigenvalue weighted by atomic mass is 19.2. The van der Waals surface area contributed by atoms with E-state index in [2.05, 4.69) is 10.9 Å². The van der Waals surface area contributed by atoms with Gasteiger partial charge in [0.15, 0.2) is 11.6 Å². The summed E-state index contributed by atoms with van der Waals surface area (Å²) in [5.74, 6) is -2.58. The van der Waals surface area contributed by atoms with Crippen molar-refractivity contribution in [2.24, 2.45) is 0 Å². The van der Waals surface area contributed by atoms with Crippen molar-refractivity contribution in [3.63, 3.8) is 0 Å². The molecular weight excluding hydrogens is 242 g/mol. The van der Waals surface area contributed by atoms with Gasteiger partial charge in [0.1, 0.15) is 0 Å². The first-order valence-electron chi connectivity index (χ1n) is 5.74. The lowest BCUT2D eigenvalue weighted by molar-refractivity contribution is -0.137. The number of carboxylic acids is 1. The van der Waals surface area contributed by atoms with Gasteiger partial charge in [0.2, 0.25) is 0 Å². The number of rotatable bonds is 4. The van der Waals surface area contributed by atoms with Crippen molar-refractivity contribution in [1.29, 1.82) is 0 Å². The van der Waals surface area contributed by atoms with Crippen molar-refractivity contribution in [3.8, 4) is 0 Å². The summed E-state index contributed by atoms with van der Waals surface area (Å²) in [6.07, 6.45) is 1.24. The van der Waals surface area contributed by atoms with Gasteiger partial charge in [0.25, 0.3) is 0 Å². The van der Waals surface area contributed by atoms with E-state index in [1.807, 2.05) is 0 Å². The van der Waals surface area contributed by atoms with Crippen LogP contribution in [0.4, 0.5) is 8.78 Å². The van der Waals surface area contributed by atoms with Crippen LogP contribution in [0.25, 0.3) is 0 Å². The molecule has 98 valence electrons. The molecule has 3 N–H and O–H groups in total. The lowest BCUT2D eigenvalue weighted by Gasteiger charge is -2.09. The smallest absolute Gasteiger partial charge is 0.303 e. The fraction of sp³-hybridized carbons (Fsp3) is 0.417. The van der Waals surface area contributed by atoms with Gasteiger partial charge < -0.3 is 5.11 Å². The Hall–Kier alpha value is -1.53. The molecule has 4 nitrogen and oxygen atoms in total. The van der Waals surface area contributed by atoms with Gasteiger partial charge in [-0.1, -0.05) is 6.07 Å². The number of carbonyl (C=O) groups is 1. The Morgan fingerprint density at radius 1 is 1.33 bits per heavy atom. The molecule has 2 unspecified atom stereocenters. The van der Waals surface area contributed by atoms with Gasteiger partial charge in [-0.15, -0.1) is 0 Å². The second kappa shape index (κ2) is 5.41. The van der Waals surface area contributed by atoms with Gasteiger partial charge in [0, 0.05) is 18.5 Å². The molecule has 1 saturated heterocycles. The highest BCUT2D eigenvalue weighted by molar-refractivity contribution is 5.66. The lowest BCUT2D eigenvalue weighted by atomic mass is 9.99. The Morgan fingerprint density at radius 3 is 2.78 bits per heavy atom. The van der Waals surface area contributed by atoms with Gasteiger partial charge >= 0.3 is 5.97 Å². The Balaban J connectivity index is 1.95. The summed E-state index contributed by atoms with van der Waals surface area (Å²) in [5, 5.41) is 8.58. The second-order valence-electron chi connectivity index (χ2n) is 4.38. The summed E-state index contributed by atoms with van der Waals surface area (Å²) >= 11 is 0. The van der Waals surface area contributed by atoms with E-state index in [1.165, 1.54) is 6.07 Å². The number of hydrazine groups is 1. The molecule has 1 aliphatic heterocycles. The molecule has 0 saturated carbocycles. The maximum atomic E-state index is 13.1. The number of carboxylic acid groups (broad SMARTS) is 1. The zero-order valence-corrected chi connectivity index (χ0v) is 9.62. The molecular formula is C12H14F2N2O2. The maximum absolute atomic E-state index is 13.1. The summed E-state index contributed by atoms with van der Waals surface area (Å²) in [4.78, 5) is 10.5. The Morgan fingerprint density at radius 2 is 2.11 bits per heavy atom. The van der Waals surface area contributed by atoms with E-state index in [1.54, 1.807) is 0 Å². The zero-order chi connectivity index (χ0) is 13.1. The predicted molar refractivity (Wildman–Crippen MR) is 60.6 cm³/mol. The van der Waals surface area contributed by atoms with E-state index < -0.39 is 17.6 Å².